The molecule has 0 aromatic carbocycles. The van der Waals surface area contributed by atoms with E-state index in [4.69, 9.17) is 4.74 Å². The summed E-state index contributed by atoms with van der Waals surface area (Å²) in [5.74, 6) is -0.262. The van der Waals surface area contributed by atoms with E-state index in [0.717, 1.165) is 8.04 Å². The van der Waals surface area contributed by atoms with Crippen LogP contribution in [0.15, 0.2) is 16.7 Å². The van der Waals surface area contributed by atoms with Gasteiger partial charge in [0.15, 0.2) is 0 Å². The van der Waals surface area contributed by atoms with Gasteiger partial charge in [0.25, 0.3) is 0 Å². The lowest BCUT2D eigenvalue weighted by atomic mass is 10.2. The summed E-state index contributed by atoms with van der Waals surface area (Å²) >= 11 is 5.55. The maximum Gasteiger partial charge on any atom is 0.312 e. The SMILES string of the molecule is CC(C)(C)OC(=O)Cc1ncc(I)cc1Br. The van der Waals surface area contributed by atoms with E-state index in [1.165, 1.54) is 0 Å². The summed E-state index contributed by atoms with van der Waals surface area (Å²) in [6.45, 7) is 5.55. The van der Waals surface area contributed by atoms with E-state index in [1.807, 2.05) is 26.8 Å². The van der Waals surface area contributed by atoms with E-state index in [9.17, 15) is 4.79 Å². The van der Waals surface area contributed by atoms with Gasteiger partial charge in [-0.1, -0.05) is 0 Å². The van der Waals surface area contributed by atoms with Crippen LogP contribution < -0.4 is 0 Å². The Bertz CT molecular complexity index is 401. The van der Waals surface area contributed by atoms with Crippen LogP contribution in [0.4, 0.5) is 0 Å². The van der Waals surface area contributed by atoms with E-state index in [2.05, 4.69) is 43.5 Å². The summed E-state index contributed by atoms with van der Waals surface area (Å²) in [5.41, 5.74) is 0.252. The first-order chi connectivity index (χ1) is 7.28. The van der Waals surface area contributed by atoms with Crippen molar-refractivity contribution in [1.82, 2.24) is 4.98 Å². The van der Waals surface area contributed by atoms with Gasteiger partial charge in [0.2, 0.25) is 0 Å². The van der Waals surface area contributed by atoms with Crippen molar-refractivity contribution in [2.24, 2.45) is 0 Å². The molecule has 0 unspecified atom stereocenters. The highest BCUT2D eigenvalue weighted by atomic mass is 127. The van der Waals surface area contributed by atoms with Crippen molar-refractivity contribution >= 4 is 44.5 Å². The highest BCUT2D eigenvalue weighted by Gasteiger charge is 2.17. The molecule has 0 spiro atoms. The number of ether oxygens (including phenoxy) is 1. The Labute approximate surface area is 117 Å². The van der Waals surface area contributed by atoms with Gasteiger partial charge in [-0.05, 0) is 65.4 Å². The van der Waals surface area contributed by atoms with Crippen LogP contribution in [0, 0.1) is 3.57 Å². The Morgan fingerprint density at radius 1 is 1.56 bits per heavy atom. The van der Waals surface area contributed by atoms with Crippen LogP contribution in [0.25, 0.3) is 0 Å². The summed E-state index contributed by atoms with van der Waals surface area (Å²) in [5, 5.41) is 0. The molecule has 0 saturated heterocycles. The van der Waals surface area contributed by atoms with E-state index >= 15 is 0 Å². The smallest absolute Gasteiger partial charge is 0.312 e. The zero-order valence-corrected chi connectivity index (χ0v) is 13.1. The molecule has 3 nitrogen and oxygen atoms in total. The Morgan fingerprint density at radius 3 is 2.69 bits per heavy atom. The minimum atomic E-state index is -0.452. The number of esters is 1. The summed E-state index contributed by atoms with van der Waals surface area (Å²) in [6, 6.07) is 1.92. The van der Waals surface area contributed by atoms with Crippen LogP contribution in [0.5, 0.6) is 0 Å². The van der Waals surface area contributed by atoms with Gasteiger partial charge in [-0.2, -0.15) is 0 Å². The second kappa shape index (κ2) is 5.44. The summed E-state index contributed by atoms with van der Waals surface area (Å²) in [6.07, 6.45) is 1.92. The Hall–Kier alpha value is -0.170. The topological polar surface area (TPSA) is 39.2 Å². The Morgan fingerprint density at radius 2 is 2.19 bits per heavy atom. The van der Waals surface area contributed by atoms with Crippen molar-refractivity contribution in [3.8, 4) is 0 Å². The molecule has 0 aliphatic carbocycles. The lowest BCUT2D eigenvalue weighted by Crippen LogP contribution is -2.25. The van der Waals surface area contributed by atoms with Crippen molar-refractivity contribution in [2.45, 2.75) is 32.8 Å². The highest BCUT2D eigenvalue weighted by Crippen LogP contribution is 2.19. The predicted octanol–water partition coefficient (Wildman–Crippen LogP) is 3.33. The Kier molecular flexibility index (Phi) is 4.73. The number of hydrogen-bond acceptors (Lipinski definition) is 3. The first-order valence-electron chi connectivity index (χ1n) is 4.80. The summed E-state index contributed by atoms with van der Waals surface area (Å²) < 4.78 is 7.09. The van der Waals surface area contributed by atoms with Crippen molar-refractivity contribution in [3.63, 3.8) is 0 Å². The van der Waals surface area contributed by atoms with Gasteiger partial charge >= 0.3 is 5.97 Å². The second-order valence-electron chi connectivity index (χ2n) is 4.35. The molecule has 0 aliphatic heterocycles. The van der Waals surface area contributed by atoms with Crippen molar-refractivity contribution < 1.29 is 9.53 Å². The minimum Gasteiger partial charge on any atom is -0.460 e. The Balaban J connectivity index is 2.70. The molecule has 0 aliphatic rings. The summed E-state index contributed by atoms with van der Waals surface area (Å²) in [4.78, 5) is 15.8. The fourth-order valence-corrected chi connectivity index (χ4v) is 2.46. The lowest BCUT2D eigenvalue weighted by Gasteiger charge is -2.19. The number of pyridine rings is 1. The number of hydrogen-bond donors (Lipinski definition) is 0. The van der Waals surface area contributed by atoms with Crippen LogP contribution >= 0.6 is 38.5 Å². The molecule has 5 heteroatoms. The van der Waals surface area contributed by atoms with Crippen molar-refractivity contribution in [1.29, 1.82) is 0 Å². The van der Waals surface area contributed by atoms with Crippen molar-refractivity contribution in [3.05, 3.63) is 26.0 Å². The first-order valence-corrected chi connectivity index (χ1v) is 6.67. The fourth-order valence-electron chi connectivity index (χ4n) is 1.09. The minimum absolute atomic E-state index is 0.189. The quantitative estimate of drug-likeness (QED) is 0.567. The van der Waals surface area contributed by atoms with Gasteiger partial charge < -0.3 is 4.74 Å². The summed E-state index contributed by atoms with van der Waals surface area (Å²) in [7, 11) is 0. The lowest BCUT2D eigenvalue weighted by molar-refractivity contribution is -0.154. The molecule has 88 valence electrons. The van der Waals surface area contributed by atoms with Gasteiger partial charge in [0.1, 0.15) is 5.60 Å². The monoisotopic (exact) mass is 397 g/mol. The average molecular weight is 398 g/mol. The molecule has 1 aromatic heterocycles. The molecule has 0 bridgehead atoms. The van der Waals surface area contributed by atoms with Gasteiger partial charge in [-0.25, -0.2) is 0 Å². The van der Waals surface area contributed by atoms with Gasteiger partial charge in [-0.3, -0.25) is 9.78 Å². The zero-order chi connectivity index (χ0) is 12.3. The number of rotatable bonds is 2. The predicted molar refractivity (Wildman–Crippen MR) is 74.2 cm³/mol. The van der Waals surface area contributed by atoms with Crippen LogP contribution in [0.1, 0.15) is 26.5 Å². The molecular formula is C11H13BrINO2. The van der Waals surface area contributed by atoms with E-state index in [0.29, 0.717) is 5.69 Å². The highest BCUT2D eigenvalue weighted by molar-refractivity contribution is 14.1. The van der Waals surface area contributed by atoms with Crippen LogP contribution in [0.2, 0.25) is 0 Å². The van der Waals surface area contributed by atoms with Gasteiger partial charge in [0, 0.05) is 14.2 Å². The third-order valence-electron chi connectivity index (χ3n) is 1.62. The third-order valence-corrected chi connectivity index (χ3v) is 2.89. The van der Waals surface area contributed by atoms with Crippen LogP contribution in [-0.2, 0) is 16.0 Å². The second-order valence-corrected chi connectivity index (χ2v) is 6.45. The molecule has 1 aromatic rings. The number of halogens is 2. The molecule has 0 N–H and O–H groups in total. The molecule has 0 saturated carbocycles. The molecule has 0 radical (unpaired) electrons. The van der Waals surface area contributed by atoms with Gasteiger partial charge in [-0.15, -0.1) is 0 Å². The van der Waals surface area contributed by atoms with Crippen LogP contribution in [-0.4, -0.2) is 16.6 Å². The molecule has 1 heterocycles. The zero-order valence-electron chi connectivity index (χ0n) is 9.38. The first kappa shape index (κ1) is 13.9. The molecule has 0 fully saturated rings. The van der Waals surface area contributed by atoms with Gasteiger partial charge in [0.05, 0.1) is 12.1 Å². The molecule has 1 rings (SSSR count). The van der Waals surface area contributed by atoms with E-state index in [-0.39, 0.29) is 12.4 Å². The van der Waals surface area contributed by atoms with E-state index in [1.54, 1.807) is 6.20 Å². The molecule has 16 heavy (non-hydrogen) atoms. The molecular weight excluding hydrogens is 385 g/mol. The normalized spacial score (nSPS) is 11.3. The number of carbonyl (C=O) groups excluding carboxylic acids is 1. The standard InChI is InChI=1S/C11H13BrINO2/c1-11(2,3)16-10(15)5-9-8(12)4-7(13)6-14-9/h4,6H,5H2,1-3H3. The fraction of sp³-hybridized carbons (Fsp3) is 0.455. The maximum atomic E-state index is 11.6. The third kappa shape index (κ3) is 4.78. The van der Waals surface area contributed by atoms with Crippen molar-refractivity contribution in [2.75, 3.05) is 0 Å². The molecule has 0 amide bonds. The maximum absolute atomic E-state index is 11.6. The van der Waals surface area contributed by atoms with Crippen LogP contribution in [0.3, 0.4) is 0 Å². The molecule has 0 atom stereocenters. The van der Waals surface area contributed by atoms with E-state index < -0.39 is 5.60 Å². The number of nitrogens with zero attached hydrogens (tertiary/aromatic N) is 1. The largest absolute Gasteiger partial charge is 0.460 e. The number of carbonyl (C=O) groups is 1. The number of aromatic nitrogens is 1. The average Bonchev–Trinajstić information content (AvgIpc) is 2.06.